The van der Waals surface area contributed by atoms with Gasteiger partial charge in [-0.25, -0.2) is 4.79 Å². The minimum atomic E-state index is -0.907. The van der Waals surface area contributed by atoms with Crippen LogP contribution in [0.15, 0.2) is 18.2 Å². The zero-order chi connectivity index (χ0) is 14.0. The van der Waals surface area contributed by atoms with Crippen LogP contribution in [0, 0.1) is 18.8 Å². The molecule has 0 heterocycles. The smallest absolute Gasteiger partial charge is 0.335 e. The second kappa shape index (κ2) is 5.64. The highest BCUT2D eigenvalue weighted by Gasteiger charge is 2.25. The summed E-state index contributed by atoms with van der Waals surface area (Å²) < 4.78 is 6.05. The Morgan fingerprint density at radius 3 is 2.42 bits per heavy atom. The fourth-order valence-electron chi connectivity index (χ4n) is 3.01. The minimum Gasteiger partial charge on any atom is -0.490 e. The van der Waals surface area contributed by atoms with E-state index in [0.29, 0.717) is 17.6 Å². The fourth-order valence-corrected chi connectivity index (χ4v) is 3.01. The van der Waals surface area contributed by atoms with Crippen molar-refractivity contribution in [2.75, 3.05) is 0 Å². The van der Waals surface area contributed by atoms with E-state index in [0.717, 1.165) is 18.4 Å². The number of carboxylic acid groups (broad SMARTS) is 1. The van der Waals surface area contributed by atoms with Crippen molar-refractivity contribution in [2.45, 2.75) is 46.1 Å². The summed E-state index contributed by atoms with van der Waals surface area (Å²) in [6, 6.07) is 5.08. The molecule has 1 N–H and O–H groups in total. The van der Waals surface area contributed by atoms with Gasteiger partial charge in [0.25, 0.3) is 0 Å². The zero-order valence-corrected chi connectivity index (χ0v) is 11.8. The van der Waals surface area contributed by atoms with E-state index in [1.165, 1.54) is 6.42 Å². The van der Waals surface area contributed by atoms with E-state index in [2.05, 4.69) is 13.8 Å². The molecule has 2 atom stereocenters. The van der Waals surface area contributed by atoms with Gasteiger partial charge in [-0.3, -0.25) is 0 Å². The first-order valence-corrected chi connectivity index (χ1v) is 6.96. The highest BCUT2D eigenvalue weighted by molar-refractivity contribution is 5.88. The van der Waals surface area contributed by atoms with Gasteiger partial charge in [0.05, 0.1) is 11.7 Å². The molecule has 1 aliphatic carbocycles. The van der Waals surface area contributed by atoms with E-state index in [4.69, 9.17) is 9.84 Å². The van der Waals surface area contributed by atoms with Crippen molar-refractivity contribution >= 4 is 5.97 Å². The van der Waals surface area contributed by atoms with Crippen LogP contribution in [0.2, 0.25) is 0 Å². The molecule has 1 saturated carbocycles. The summed E-state index contributed by atoms with van der Waals surface area (Å²) in [7, 11) is 0. The van der Waals surface area contributed by atoms with Gasteiger partial charge in [-0.15, -0.1) is 0 Å². The number of carbonyl (C=O) groups is 1. The number of ether oxygens (including phenoxy) is 1. The second-order valence-electron chi connectivity index (χ2n) is 5.94. The highest BCUT2D eigenvalue weighted by Crippen LogP contribution is 2.32. The van der Waals surface area contributed by atoms with Crippen molar-refractivity contribution in [3.05, 3.63) is 29.3 Å². The Morgan fingerprint density at radius 1 is 1.21 bits per heavy atom. The Bertz CT molecular complexity index is 457. The van der Waals surface area contributed by atoms with E-state index in [1.807, 2.05) is 13.0 Å². The molecule has 2 unspecified atom stereocenters. The van der Waals surface area contributed by atoms with Crippen LogP contribution < -0.4 is 4.74 Å². The standard InChI is InChI=1S/C16H22O3/c1-10-6-11(2)8-14(7-10)19-15-9-13(16(17)18)5-4-12(15)3/h4-5,9-11,14H,6-8H2,1-3H3,(H,17,18). The summed E-state index contributed by atoms with van der Waals surface area (Å²) in [6.07, 6.45) is 3.58. The number of aromatic carboxylic acids is 1. The molecule has 1 aliphatic rings. The fraction of sp³-hybridized carbons (Fsp3) is 0.562. The topological polar surface area (TPSA) is 46.5 Å². The highest BCUT2D eigenvalue weighted by atomic mass is 16.5. The van der Waals surface area contributed by atoms with E-state index < -0.39 is 5.97 Å². The molecule has 0 bridgehead atoms. The maximum absolute atomic E-state index is 11.0. The van der Waals surface area contributed by atoms with Crippen molar-refractivity contribution in [3.63, 3.8) is 0 Å². The molecular weight excluding hydrogens is 240 g/mol. The lowest BCUT2D eigenvalue weighted by Gasteiger charge is -2.32. The number of benzene rings is 1. The third-order valence-corrected chi connectivity index (χ3v) is 3.86. The van der Waals surface area contributed by atoms with Gasteiger partial charge >= 0.3 is 5.97 Å². The molecule has 1 fully saturated rings. The molecule has 3 heteroatoms. The zero-order valence-electron chi connectivity index (χ0n) is 11.8. The van der Waals surface area contributed by atoms with Crippen molar-refractivity contribution in [3.8, 4) is 5.75 Å². The Hall–Kier alpha value is -1.51. The lowest BCUT2D eigenvalue weighted by atomic mass is 9.82. The predicted octanol–water partition coefficient (Wildman–Crippen LogP) is 3.90. The van der Waals surface area contributed by atoms with Crippen LogP contribution in [-0.2, 0) is 0 Å². The Balaban J connectivity index is 2.13. The number of hydrogen-bond donors (Lipinski definition) is 1. The van der Waals surface area contributed by atoms with Gasteiger partial charge in [0.1, 0.15) is 5.75 Å². The van der Waals surface area contributed by atoms with Crippen LogP contribution in [0.3, 0.4) is 0 Å². The summed E-state index contributed by atoms with van der Waals surface area (Å²) in [5, 5.41) is 9.03. The summed E-state index contributed by atoms with van der Waals surface area (Å²) in [4.78, 5) is 11.0. The van der Waals surface area contributed by atoms with Crippen LogP contribution in [0.25, 0.3) is 0 Å². The lowest BCUT2D eigenvalue weighted by Crippen LogP contribution is -2.28. The second-order valence-corrected chi connectivity index (χ2v) is 5.94. The lowest BCUT2D eigenvalue weighted by molar-refractivity contribution is 0.0693. The van der Waals surface area contributed by atoms with Crippen LogP contribution in [-0.4, -0.2) is 17.2 Å². The van der Waals surface area contributed by atoms with Crippen molar-refractivity contribution in [1.29, 1.82) is 0 Å². The molecule has 0 saturated heterocycles. The van der Waals surface area contributed by atoms with Crippen LogP contribution in [0.5, 0.6) is 5.75 Å². The van der Waals surface area contributed by atoms with Crippen molar-refractivity contribution < 1.29 is 14.6 Å². The van der Waals surface area contributed by atoms with Crippen LogP contribution in [0.4, 0.5) is 0 Å². The van der Waals surface area contributed by atoms with E-state index >= 15 is 0 Å². The third kappa shape index (κ3) is 3.49. The van der Waals surface area contributed by atoms with Crippen molar-refractivity contribution in [1.82, 2.24) is 0 Å². The molecule has 0 aliphatic heterocycles. The quantitative estimate of drug-likeness (QED) is 0.898. The minimum absolute atomic E-state index is 0.210. The van der Waals surface area contributed by atoms with Crippen LogP contribution in [0.1, 0.15) is 49.0 Å². The van der Waals surface area contributed by atoms with Gasteiger partial charge < -0.3 is 9.84 Å². The maximum Gasteiger partial charge on any atom is 0.335 e. The molecule has 1 aromatic carbocycles. The molecule has 0 aromatic heterocycles. The van der Waals surface area contributed by atoms with Crippen molar-refractivity contribution in [2.24, 2.45) is 11.8 Å². The molecule has 0 radical (unpaired) electrons. The Labute approximate surface area is 114 Å². The van der Waals surface area contributed by atoms with Gasteiger partial charge in [0, 0.05) is 0 Å². The average molecular weight is 262 g/mol. The molecule has 2 rings (SSSR count). The monoisotopic (exact) mass is 262 g/mol. The number of aryl methyl sites for hydroxylation is 1. The average Bonchev–Trinajstić information content (AvgIpc) is 2.30. The first-order chi connectivity index (χ1) is 8.95. The predicted molar refractivity (Wildman–Crippen MR) is 74.7 cm³/mol. The number of hydrogen-bond acceptors (Lipinski definition) is 2. The summed E-state index contributed by atoms with van der Waals surface area (Å²) in [6.45, 7) is 6.47. The first kappa shape index (κ1) is 13.9. The first-order valence-electron chi connectivity index (χ1n) is 6.96. The SMILES string of the molecule is Cc1ccc(C(=O)O)cc1OC1CC(C)CC(C)C1. The molecule has 0 amide bonds. The Kier molecular flexibility index (Phi) is 4.13. The number of carboxylic acids is 1. The molecule has 19 heavy (non-hydrogen) atoms. The molecule has 1 aromatic rings. The molecule has 3 nitrogen and oxygen atoms in total. The van der Waals surface area contributed by atoms with Gasteiger partial charge in [-0.2, -0.15) is 0 Å². The van der Waals surface area contributed by atoms with E-state index in [-0.39, 0.29) is 11.7 Å². The summed E-state index contributed by atoms with van der Waals surface area (Å²) in [5.74, 6) is 1.16. The summed E-state index contributed by atoms with van der Waals surface area (Å²) >= 11 is 0. The molecule has 0 spiro atoms. The summed E-state index contributed by atoms with van der Waals surface area (Å²) in [5.41, 5.74) is 1.29. The Morgan fingerprint density at radius 2 is 1.84 bits per heavy atom. The van der Waals surface area contributed by atoms with Gasteiger partial charge in [-0.1, -0.05) is 19.9 Å². The largest absolute Gasteiger partial charge is 0.490 e. The van der Waals surface area contributed by atoms with Crippen LogP contribution >= 0.6 is 0 Å². The van der Waals surface area contributed by atoms with E-state index in [1.54, 1.807) is 12.1 Å². The molecule has 104 valence electrons. The third-order valence-electron chi connectivity index (χ3n) is 3.86. The number of rotatable bonds is 3. The maximum atomic E-state index is 11.0. The molecular formula is C16H22O3. The van der Waals surface area contributed by atoms with Gasteiger partial charge in [0.2, 0.25) is 0 Å². The van der Waals surface area contributed by atoms with Gasteiger partial charge in [0.15, 0.2) is 0 Å². The van der Waals surface area contributed by atoms with E-state index in [9.17, 15) is 4.79 Å². The van der Waals surface area contributed by atoms with Gasteiger partial charge in [-0.05, 0) is 55.7 Å². The normalized spacial score (nSPS) is 27.0.